The highest BCUT2D eigenvalue weighted by atomic mass is 35.5. The summed E-state index contributed by atoms with van der Waals surface area (Å²) in [4.78, 5) is 13.9. The second kappa shape index (κ2) is 6.55. The molecule has 0 saturated carbocycles. The molecule has 60 valence electrons. The summed E-state index contributed by atoms with van der Waals surface area (Å²) in [5, 5.41) is 8.32. The molecule has 0 saturated heterocycles. The Labute approximate surface area is 66.6 Å². The molecule has 0 bridgehead atoms. The zero-order valence-corrected chi connectivity index (χ0v) is 6.89. The Morgan fingerprint density at radius 3 is 2.60 bits per heavy atom. The molecule has 0 aliphatic carbocycles. The van der Waals surface area contributed by atoms with E-state index in [1.807, 2.05) is 6.92 Å². The monoisotopic (exact) mass is 165 g/mol. The summed E-state index contributed by atoms with van der Waals surface area (Å²) < 4.78 is 0. The number of aliphatic imine (C=N–C) groups is 1. The number of aliphatic carboxylic acids is 1. The molecule has 1 N–H and O–H groups in total. The van der Waals surface area contributed by atoms with Crippen LogP contribution in [-0.2, 0) is 4.79 Å². The van der Waals surface area contributed by atoms with E-state index in [1.165, 1.54) is 6.21 Å². The molecule has 0 spiro atoms. The van der Waals surface area contributed by atoms with Gasteiger partial charge in [0.25, 0.3) is 0 Å². The third kappa shape index (κ3) is 5.56. The summed E-state index contributed by atoms with van der Waals surface area (Å²) in [5.74, 6) is -1.28. The lowest BCUT2D eigenvalue weighted by atomic mass is 10.2. The van der Waals surface area contributed by atoms with Crippen LogP contribution in [0.15, 0.2) is 4.99 Å². The van der Waals surface area contributed by atoms with Crippen LogP contribution in [0.25, 0.3) is 0 Å². The van der Waals surface area contributed by atoms with Gasteiger partial charge in [0.05, 0.1) is 5.92 Å². The molecule has 1 unspecified atom stereocenters. The summed E-state index contributed by atoms with van der Waals surface area (Å²) in [5.41, 5.74) is 0. The van der Waals surface area contributed by atoms with Crippen molar-refractivity contribution in [3.05, 3.63) is 0 Å². The summed E-state index contributed by atoms with van der Waals surface area (Å²) in [7, 11) is 0. The Morgan fingerprint density at radius 1 is 1.80 bits per heavy atom. The van der Waals surface area contributed by atoms with Gasteiger partial charge in [0.2, 0.25) is 0 Å². The Morgan fingerprint density at radius 2 is 2.30 bits per heavy atom. The predicted molar refractivity (Wildman–Crippen MR) is 43.1 cm³/mol. The number of carbonyl (C=O) groups is 1. The number of carboxylic acid groups (broad SMARTS) is 1. The first kappa shape index (κ1) is 12.1. The van der Waals surface area contributed by atoms with Crippen molar-refractivity contribution in [2.75, 3.05) is 6.54 Å². The molecule has 0 aromatic heterocycles. The molecule has 0 aliphatic heterocycles. The summed E-state index contributed by atoms with van der Waals surface area (Å²) in [6.45, 7) is 4.12. The van der Waals surface area contributed by atoms with Gasteiger partial charge in [-0.05, 0) is 13.8 Å². The van der Waals surface area contributed by atoms with E-state index >= 15 is 0 Å². The number of halogens is 1. The lowest BCUT2D eigenvalue weighted by Crippen LogP contribution is -2.10. The van der Waals surface area contributed by atoms with Crippen LogP contribution in [0.3, 0.4) is 0 Å². The quantitative estimate of drug-likeness (QED) is 0.640. The van der Waals surface area contributed by atoms with Gasteiger partial charge < -0.3 is 5.11 Å². The molecule has 0 radical (unpaired) electrons. The largest absolute Gasteiger partial charge is 0.481 e. The van der Waals surface area contributed by atoms with Crippen LogP contribution in [0.5, 0.6) is 0 Å². The molecule has 0 aromatic rings. The van der Waals surface area contributed by atoms with Crippen molar-refractivity contribution < 1.29 is 9.90 Å². The standard InChI is InChI=1S/C6H11NO2.ClH/c1-3-7-4-5(2)6(8)9;/h4-5H,3H2,1-2H3,(H,8,9);1H. The zero-order valence-electron chi connectivity index (χ0n) is 6.07. The normalized spacial score (nSPS) is 12.6. The van der Waals surface area contributed by atoms with Crippen LogP contribution in [0.4, 0.5) is 0 Å². The minimum absolute atomic E-state index is 0. The number of carboxylic acids is 1. The van der Waals surface area contributed by atoms with Gasteiger partial charge in [-0.15, -0.1) is 12.4 Å². The summed E-state index contributed by atoms with van der Waals surface area (Å²) >= 11 is 0. The first-order valence-corrected chi connectivity index (χ1v) is 2.91. The maximum absolute atomic E-state index is 10.1. The maximum Gasteiger partial charge on any atom is 0.311 e. The third-order valence-corrected chi connectivity index (χ3v) is 0.901. The smallest absolute Gasteiger partial charge is 0.311 e. The first-order chi connectivity index (χ1) is 4.18. The molecule has 0 aromatic carbocycles. The van der Waals surface area contributed by atoms with Gasteiger partial charge in [-0.2, -0.15) is 0 Å². The molecule has 4 heteroatoms. The topological polar surface area (TPSA) is 49.7 Å². The van der Waals surface area contributed by atoms with E-state index < -0.39 is 11.9 Å². The SMILES string of the molecule is CCN=CC(C)C(=O)O.Cl. The van der Waals surface area contributed by atoms with Gasteiger partial charge in [-0.1, -0.05) is 0 Å². The van der Waals surface area contributed by atoms with Crippen molar-refractivity contribution in [3.8, 4) is 0 Å². The molecule has 0 fully saturated rings. The van der Waals surface area contributed by atoms with E-state index in [0.717, 1.165) is 0 Å². The fourth-order valence-electron chi connectivity index (χ4n) is 0.327. The van der Waals surface area contributed by atoms with E-state index in [2.05, 4.69) is 4.99 Å². The first-order valence-electron chi connectivity index (χ1n) is 2.91. The fraction of sp³-hybridized carbons (Fsp3) is 0.667. The van der Waals surface area contributed by atoms with Crippen LogP contribution in [0.1, 0.15) is 13.8 Å². The second-order valence-electron chi connectivity index (χ2n) is 1.77. The van der Waals surface area contributed by atoms with Crippen LogP contribution in [0, 0.1) is 5.92 Å². The number of nitrogens with zero attached hydrogens (tertiary/aromatic N) is 1. The van der Waals surface area contributed by atoms with E-state index in [4.69, 9.17) is 5.11 Å². The Kier molecular flexibility index (Phi) is 7.95. The molecule has 0 rings (SSSR count). The highest BCUT2D eigenvalue weighted by Gasteiger charge is 2.04. The van der Waals surface area contributed by atoms with Gasteiger partial charge in [0.15, 0.2) is 0 Å². The van der Waals surface area contributed by atoms with E-state index in [9.17, 15) is 4.79 Å². The van der Waals surface area contributed by atoms with Crippen molar-refractivity contribution in [1.82, 2.24) is 0 Å². The average molecular weight is 166 g/mol. The summed E-state index contributed by atoms with van der Waals surface area (Å²) in [6, 6.07) is 0. The molecular formula is C6H12ClNO2. The van der Waals surface area contributed by atoms with Gasteiger partial charge in [0, 0.05) is 12.8 Å². The fourth-order valence-corrected chi connectivity index (χ4v) is 0.327. The molecule has 0 heterocycles. The van der Waals surface area contributed by atoms with Crippen molar-refractivity contribution in [1.29, 1.82) is 0 Å². The second-order valence-corrected chi connectivity index (χ2v) is 1.77. The van der Waals surface area contributed by atoms with Gasteiger partial charge in [-0.25, -0.2) is 0 Å². The number of hydrogen-bond donors (Lipinski definition) is 1. The van der Waals surface area contributed by atoms with E-state index in [0.29, 0.717) is 6.54 Å². The van der Waals surface area contributed by atoms with Crippen molar-refractivity contribution in [2.24, 2.45) is 10.9 Å². The highest BCUT2D eigenvalue weighted by molar-refractivity contribution is 5.87. The summed E-state index contributed by atoms with van der Waals surface area (Å²) in [6.07, 6.45) is 1.45. The lowest BCUT2D eigenvalue weighted by molar-refractivity contribution is -0.138. The minimum atomic E-state index is -0.827. The van der Waals surface area contributed by atoms with Crippen molar-refractivity contribution in [3.63, 3.8) is 0 Å². The minimum Gasteiger partial charge on any atom is -0.481 e. The molecule has 3 nitrogen and oxygen atoms in total. The number of hydrogen-bond acceptors (Lipinski definition) is 2. The zero-order chi connectivity index (χ0) is 7.28. The Bertz CT molecular complexity index is 125. The van der Waals surface area contributed by atoms with E-state index in [1.54, 1.807) is 6.92 Å². The predicted octanol–water partition coefficient (Wildman–Crippen LogP) is 1.22. The van der Waals surface area contributed by atoms with Crippen LogP contribution in [0.2, 0.25) is 0 Å². The lowest BCUT2D eigenvalue weighted by Gasteiger charge is -1.94. The van der Waals surface area contributed by atoms with E-state index in [-0.39, 0.29) is 12.4 Å². The Hall–Kier alpha value is -0.570. The van der Waals surface area contributed by atoms with Gasteiger partial charge >= 0.3 is 5.97 Å². The molecular weight excluding hydrogens is 154 g/mol. The molecule has 1 atom stereocenters. The maximum atomic E-state index is 10.1. The highest BCUT2D eigenvalue weighted by Crippen LogP contribution is 1.88. The van der Waals surface area contributed by atoms with Crippen LogP contribution in [-0.4, -0.2) is 23.8 Å². The Balaban J connectivity index is 0. The van der Waals surface area contributed by atoms with Crippen molar-refractivity contribution >= 4 is 24.6 Å². The van der Waals surface area contributed by atoms with Crippen LogP contribution < -0.4 is 0 Å². The molecule has 0 aliphatic rings. The molecule has 0 amide bonds. The average Bonchev–Trinajstić information content (AvgIpc) is 1.82. The molecule has 10 heavy (non-hydrogen) atoms. The van der Waals surface area contributed by atoms with Crippen molar-refractivity contribution in [2.45, 2.75) is 13.8 Å². The van der Waals surface area contributed by atoms with Gasteiger partial charge in [0.1, 0.15) is 0 Å². The van der Waals surface area contributed by atoms with Crippen LogP contribution >= 0.6 is 12.4 Å². The number of rotatable bonds is 3. The third-order valence-electron chi connectivity index (χ3n) is 0.901. The van der Waals surface area contributed by atoms with Gasteiger partial charge in [-0.3, -0.25) is 9.79 Å².